The summed E-state index contributed by atoms with van der Waals surface area (Å²) in [5, 5.41) is 13.1. The van der Waals surface area contributed by atoms with Crippen molar-refractivity contribution in [1.82, 2.24) is 4.40 Å². The fraction of sp³-hybridized carbons (Fsp3) is 0.0476. The smallest absolute Gasteiger partial charge is 0.348 e. The van der Waals surface area contributed by atoms with Crippen LogP contribution in [0.25, 0.3) is 22.9 Å². The van der Waals surface area contributed by atoms with Gasteiger partial charge in [0.2, 0.25) is 5.91 Å². The second-order valence-corrected chi connectivity index (χ2v) is 6.39. The van der Waals surface area contributed by atoms with Gasteiger partial charge in [-0.15, -0.1) is 0 Å². The molecule has 4 rings (SSSR count). The zero-order valence-electron chi connectivity index (χ0n) is 15.0. The topological polar surface area (TPSA) is 115 Å². The predicted molar refractivity (Wildman–Crippen MR) is 105 cm³/mol. The number of carbonyl (C=O) groups is 1. The molecule has 2 heterocycles. The van der Waals surface area contributed by atoms with Crippen molar-refractivity contribution in [2.75, 3.05) is 5.32 Å². The normalized spacial score (nSPS) is 11.6. The molecule has 0 aliphatic carbocycles. The van der Waals surface area contributed by atoms with Gasteiger partial charge in [-0.25, -0.2) is 9.78 Å². The van der Waals surface area contributed by atoms with Gasteiger partial charge >= 0.3 is 11.2 Å². The molecule has 0 saturated carbocycles. The number of nitriles is 1. The number of anilines is 1. The first kappa shape index (κ1) is 17.2. The van der Waals surface area contributed by atoms with E-state index in [1.54, 1.807) is 37.4 Å². The number of H-pyrrole nitrogens is 1. The highest BCUT2D eigenvalue weighted by molar-refractivity contribution is 5.93. The van der Waals surface area contributed by atoms with Gasteiger partial charge in [-0.05, 0) is 48.9 Å². The lowest BCUT2D eigenvalue weighted by atomic mass is 10.1. The lowest BCUT2D eigenvalue weighted by Crippen LogP contribution is -2.35. The second kappa shape index (κ2) is 6.52. The maximum absolute atomic E-state index is 13.2. The van der Waals surface area contributed by atoms with Crippen LogP contribution in [-0.4, -0.2) is 10.3 Å². The third kappa shape index (κ3) is 2.64. The molecule has 0 aliphatic rings. The Balaban J connectivity index is 1.92. The van der Waals surface area contributed by atoms with Crippen molar-refractivity contribution in [1.29, 1.82) is 5.26 Å². The van der Waals surface area contributed by atoms with Crippen LogP contribution in [0.1, 0.15) is 21.5 Å². The average molecular weight is 370 g/mol. The minimum atomic E-state index is -0.506. The van der Waals surface area contributed by atoms with E-state index < -0.39 is 5.91 Å². The highest BCUT2D eigenvalue weighted by Gasteiger charge is 2.22. The molecule has 0 bridgehead atoms. The monoisotopic (exact) mass is 370 g/mol. The minimum absolute atomic E-state index is 0.231. The molecule has 1 amide bonds. The van der Waals surface area contributed by atoms with E-state index in [-0.39, 0.29) is 5.56 Å². The predicted octanol–water partition coefficient (Wildman–Crippen LogP) is 1.11. The van der Waals surface area contributed by atoms with Crippen molar-refractivity contribution in [2.24, 2.45) is 5.73 Å². The van der Waals surface area contributed by atoms with Crippen LogP contribution in [0.4, 0.5) is 5.69 Å². The lowest BCUT2D eigenvalue weighted by molar-refractivity contribution is -0.311. The molecule has 7 nitrogen and oxygen atoms in total. The summed E-state index contributed by atoms with van der Waals surface area (Å²) < 4.78 is 1.52. The number of rotatable bonds is 3. The molecule has 0 saturated heterocycles. The van der Waals surface area contributed by atoms with E-state index in [0.29, 0.717) is 38.8 Å². The molecule has 2 aromatic carbocycles. The number of fused-ring (bicyclic) bond motifs is 3. The molecule has 0 fully saturated rings. The van der Waals surface area contributed by atoms with Crippen LogP contribution in [0.5, 0.6) is 0 Å². The maximum atomic E-state index is 13.2. The molecule has 28 heavy (non-hydrogen) atoms. The van der Waals surface area contributed by atoms with Crippen LogP contribution in [0, 0.1) is 18.3 Å². The van der Waals surface area contributed by atoms with E-state index in [4.69, 9.17) is 5.73 Å². The molecule has 0 radical (unpaired) electrons. The number of nitrogens with two attached hydrogens (primary N) is 1. The molecule has 0 spiro atoms. The third-order valence-corrected chi connectivity index (χ3v) is 4.74. The van der Waals surface area contributed by atoms with E-state index in [2.05, 4.69) is 16.4 Å². The molecule has 136 valence electrons. The van der Waals surface area contributed by atoms with Gasteiger partial charge in [0, 0.05) is 17.5 Å². The summed E-state index contributed by atoms with van der Waals surface area (Å²) in [6.07, 6.45) is 1.58. The average Bonchev–Trinajstić information content (AvgIpc) is 3.08. The zero-order chi connectivity index (χ0) is 19.8. The number of para-hydroxylation sites is 2. The Morgan fingerprint density at radius 1 is 1.21 bits per heavy atom. The van der Waals surface area contributed by atoms with Crippen LogP contribution >= 0.6 is 0 Å². The van der Waals surface area contributed by atoms with Crippen LogP contribution in [0.2, 0.25) is 0 Å². The van der Waals surface area contributed by atoms with Crippen molar-refractivity contribution in [2.45, 2.75) is 6.92 Å². The highest BCUT2D eigenvalue weighted by Crippen LogP contribution is 2.14. The Labute approximate surface area is 159 Å². The summed E-state index contributed by atoms with van der Waals surface area (Å²) in [5.41, 5.74) is 9.06. The highest BCUT2D eigenvalue weighted by atomic mass is 16.1. The van der Waals surface area contributed by atoms with E-state index in [1.807, 2.05) is 24.3 Å². The number of carbonyl (C=O) groups excluding carboxylic acids is 1. The molecule has 2 aromatic heterocycles. The van der Waals surface area contributed by atoms with Crippen molar-refractivity contribution in [3.05, 3.63) is 80.8 Å². The number of pyridine rings is 1. The van der Waals surface area contributed by atoms with Crippen LogP contribution in [0.15, 0.2) is 53.3 Å². The number of amides is 1. The lowest BCUT2D eigenvalue weighted by Gasteiger charge is -2.02. The molecule has 0 aliphatic heterocycles. The van der Waals surface area contributed by atoms with E-state index in [0.717, 1.165) is 5.52 Å². The zero-order valence-corrected chi connectivity index (χ0v) is 15.0. The molecular weight excluding hydrogens is 354 g/mol. The number of benzene rings is 2. The summed E-state index contributed by atoms with van der Waals surface area (Å²) in [6.45, 7) is 1.75. The standard InChI is InChI=1S/C21H15N5O2/c1-12-15(10-22)20-25-17-4-2-3-5-18(17)26(20)21(28)16(12)11-24-14-8-6-13(7-9-14)19(23)27/h2-9,11,24H,1H3,(H2,23,27)/p+1. The van der Waals surface area contributed by atoms with Crippen molar-refractivity contribution in [3.8, 4) is 6.07 Å². The Bertz CT molecular complexity index is 1400. The van der Waals surface area contributed by atoms with Gasteiger partial charge in [-0.1, -0.05) is 12.1 Å². The molecule has 4 N–H and O–H groups in total. The van der Waals surface area contributed by atoms with Crippen molar-refractivity contribution < 1.29 is 9.78 Å². The number of nitrogens with one attached hydrogen (secondary N) is 2. The van der Waals surface area contributed by atoms with Gasteiger partial charge in [-0.3, -0.25) is 4.79 Å². The number of imidazole rings is 1. The first-order valence-electron chi connectivity index (χ1n) is 8.57. The van der Waals surface area contributed by atoms with E-state index in [1.165, 1.54) is 4.40 Å². The molecular formula is C21H16N5O2+. The number of hydrogen-bond donors (Lipinski definition) is 2. The van der Waals surface area contributed by atoms with E-state index >= 15 is 0 Å². The number of aromatic amines is 1. The van der Waals surface area contributed by atoms with Gasteiger partial charge in [0.25, 0.3) is 0 Å². The SMILES string of the molecule is Cc1c(C#N)c2[nH+]c3ccccc3n2c(=O)c1=CNc1ccc(C(N)=O)cc1. The maximum Gasteiger partial charge on any atom is 0.348 e. The molecule has 0 atom stereocenters. The van der Waals surface area contributed by atoms with Gasteiger partial charge in [0.1, 0.15) is 11.6 Å². The Kier molecular flexibility index (Phi) is 4.02. The van der Waals surface area contributed by atoms with Crippen molar-refractivity contribution >= 4 is 34.5 Å². The number of hydrogen-bond acceptors (Lipinski definition) is 4. The first-order valence-corrected chi connectivity index (χ1v) is 8.57. The Morgan fingerprint density at radius 3 is 2.61 bits per heavy atom. The van der Waals surface area contributed by atoms with Crippen LogP contribution in [0.3, 0.4) is 0 Å². The Morgan fingerprint density at radius 2 is 1.93 bits per heavy atom. The largest absolute Gasteiger partial charge is 0.366 e. The van der Waals surface area contributed by atoms with Gasteiger partial charge < -0.3 is 11.1 Å². The molecule has 0 unspecified atom stereocenters. The van der Waals surface area contributed by atoms with Crippen LogP contribution in [-0.2, 0) is 0 Å². The minimum Gasteiger partial charge on any atom is -0.366 e. The fourth-order valence-electron chi connectivity index (χ4n) is 3.25. The summed E-state index contributed by atoms with van der Waals surface area (Å²) in [6, 6.07) is 16.2. The third-order valence-electron chi connectivity index (χ3n) is 4.74. The quantitative estimate of drug-likeness (QED) is 0.562. The van der Waals surface area contributed by atoms with Crippen LogP contribution < -0.4 is 26.8 Å². The van der Waals surface area contributed by atoms with E-state index in [9.17, 15) is 14.9 Å². The number of aromatic nitrogens is 2. The Hall–Kier alpha value is -4.18. The summed E-state index contributed by atoms with van der Waals surface area (Å²) in [7, 11) is 0. The van der Waals surface area contributed by atoms with Crippen molar-refractivity contribution in [3.63, 3.8) is 0 Å². The summed E-state index contributed by atoms with van der Waals surface area (Å²) >= 11 is 0. The van der Waals surface area contributed by atoms with Gasteiger partial charge in [0.15, 0.2) is 11.0 Å². The fourth-order valence-corrected chi connectivity index (χ4v) is 3.25. The second-order valence-electron chi connectivity index (χ2n) is 6.39. The first-order chi connectivity index (χ1) is 13.5. The summed E-state index contributed by atoms with van der Waals surface area (Å²) in [4.78, 5) is 27.5. The number of primary amides is 1. The van der Waals surface area contributed by atoms with Gasteiger partial charge in [0.05, 0.1) is 5.22 Å². The summed E-state index contributed by atoms with van der Waals surface area (Å²) in [5.74, 6) is -0.506. The van der Waals surface area contributed by atoms with Gasteiger partial charge in [-0.2, -0.15) is 9.66 Å². The molecule has 7 heteroatoms. The number of nitrogens with zero attached hydrogens (tertiary/aromatic N) is 2. The molecule has 4 aromatic rings.